The zero-order chi connectivity index (χ0) is 32.9. The lowest BCUT2D eigenvalue weighted by Crippen LogP contribution is -2.43. The molecule has 1 aliphatic heterocycles. The Balaban J connectivity index is 1.35. The molecule has 1 aliphatic rings. The number of amides is 1. The van der Waals surface area contributed by atoms with Gasteiger partial charge < -0.3 is 29.0 Å². The topological polar surface area (TPSA) is 139 Å². The van der Waals surface area contributed by atoms with Crippen molar-refractivity contribution in [3.05, 3.63) is 108 Å². The molecule has 0 aliphatic carbocycles. The molecule has 10 heteroatoms. The summed E-state index contributed by atoms with van der Waals surface area (Å²) in [6.45, 7) is 2.23. The van der Waals surface area contributed by atoms with Gasteiger partial charge in [-0.2, -0.15) is 0 Å². The van der Waals surface area contributed by atoms with Gasteiger partial charge >= 0.3 is 11.9 Å². The van der Waals surface area contributed by atoms with E-state index in [0.717, 1.165) is 27.4 Å². The summed E-state index contributed by atoms with van der Waals surface area (Å²) in [5.41, 5.74) is 3.17. The molecule has 0 bridgehead atoms. The van der Waals surface area contributed by atoms with Crippen LogP contribution in [0, 0.1) is 5.92 Å². The van der Waals surface area contributed by atoms with Crippen LogP contribution >= 0.6 is 0 Å². The average Bonchev–Trinajstić information content (AvgIpc) is 3.71. The van der Waals surface area contributed by atoms with E-state index in [2.05, 4.69) is 4.98 Å². The van der Waals surface area contributed by atoms with Crippen molar-refractivity contribution in [2.24, 2.45) is 5.92 Å². The van der Waals surface area contributed by atoms with Crippen molar-refractivity contribution in [1.29, 1.82) is 0 Å². The molecular weight excluding hydrogens is 600 g/mol. The van der Waals surface area contributed by atoms with Crippen molar-refractivity contribution >= 4 is 45.8 Å². The van der Waals surface area contributed by atoms with E-state index >= 15 is 0 Å². The molecule has 0 spiro atoms. The second-order valence-electron chi connectivity index (χ2n) is 11.7. The summed E-state index contributed by atoms with van der Waals surface area (Å²) < 4.78 is 17.1. The minimum Gasteiger partial charge on any atom is -0.481 e. The first-order chi connectivity index (χ1) is 22.7. The Labute approximate surface area is 270 Å². The van der Waals surface area contributed by atoms with Gasteiger partial charge in [-0.3, -0.25) is 14.4 Å². The van der Waals surface area contributed by atoms with Gasteiger partial charge in [0.05, 0.1) is 12.3 Å². The largest absolute Gasteiger partial charge is 0.481 e. The van der Waals surface area contributed by atoms with Crippen molar-refractivity contribution < 1.29 is 38.5 Å². The second-order valence-corrected chi connectivity index (χ2v) is 11.7. The van der Waals surface area contributed by atoms with Crippen LogP contribution in [0.25, 0.3) is 27.9 Å². The first-order valence-corrected chi connectivity index (χ1v) is 15.4. The fourth-order valence-electron chi connectivity index (χ4n) is 6.03. The smallest absolute Gasteiger partial charge is 0.307 e. The highest BCUT2D eigenvalue weighted by molar-refractivity contribution is 5.86. The monoisotopic (exact) mass is 634 g/mol. The minimum atomic E-state index is -1.37. The Bertz CT molecular complexity index is 1930. The van der Waals surface area contributed by atoms with E-state index in [1.54, 1.807) is 11.0 Å². The molecule has 2 heterocycles. The quantitative estimate of drug-likeness (QED) is 0.142. The van der Waals surface area contributed by atoms with Crippen molar-refractivity contribution in [1.82, 2.24) is 9.88 Å². The van der Waals surface area contributed by atoms with Crippen molar-refractivity contribution in [2.45, 2.75) is 44.7 Å². The van der Waals surface area contributed by atoms with Crippen LogP contribution in [0.3, 0.4) is 0 Å². The molecule has 4 aromatic carbocycles. The van der Waals surface area contributed by atoms with E-state index in [1.165, 1.54) is 0 Å². The first kappa shape index (κ1) is 31.3. The van der Waals surface area contributed by atoms with Crippen LogP contribution in [-0.2, 0) is 20.9 Å². The zero-order valence-electron chi connectivity index (χ0n) is 25.7. The number of carboxylic acids is 2. The molecule has 0 radical (unpaired) electrons. The Morgan fingerprint density at radius 1 is 0.894 bits per heavy atom. The fraction of sp³-hybridized carbons (Fsp3) is 0.243. The summed E-state index contributed by atoms with van der Waals surface area (Å²) in [6, 6.07) is 26.6. The van der Waals surface area contributed by atoms with Crippen LogP contribution in [0.4, 0.5) is 0 Å². The van der Waals surface area contributed by atoms with E-state index in [9.17, 15) is 24.6 Å². The lowest BCUT2D eigenvalue weighted by molar-refractivity contribution is -0.151. The Kier molecular flexibility index (Phi) is 9.19. The summed E-state index contributed by atoms with van der Waals surface area (Å²) >= 11 is 0. The number of carbonyl (C=O) groups is 3. The molecule has 0 saturated heterocycles. The van der Waals surface area contributed by atoms with E-state index < -0.39 is 42.6 Å². The maximum Gasteiger partial charge on any atom is 0.307 e. The number of nitrogens with zero attached hydrogens (tertiary/aromatic N) is 2. The maximum atomic E-state index is 14.0. The van der Waals surface area contributed by atoms with Crippen LogP contribution in [0.2, 0.25) is 0 Å². The number of ether oxygens (including phenoxy) is 2. The summed E-state index contributed by atoms with van der Waals surface area (Å²) in [6.07, 6.45) is 3.11. The third-order valence-corrected chi connectivity index (χ3v) is 8.54. The molecule has 2 N–H and O–H groups in total. The van der Waals surface area contributed by atoms with Crippen molar-refractivity contribution in [2.75, 3.05) is 6.79 Å². The molecule has 6 rings (SSSR count). The Morgan fingerprint density at radius 3 is 2.45 bits per heavy atom. The van der Waals surface area contributed by atoms with Crippen LogP contribution < -0.4 is 9.47 Å². The second kappa shape index (κ2) is 13.8. The van der Waals surface area contributed by atoms with Gasteiger partial charge in [0.2, 0.25) is 18.6 Å². The van der Waals surface area contributed by atoms with Crippen molar-refractivity contribution in [3.63, 3.8) is 0 Å². The number of benzene rings is 4. The number of hydrogen-bond donors (Lipinski definition) is 2. The number of carbonyl (C=O) groups excluding carboxylic acids is 1. The molecule has 1 amide bonds. The lowest BCUT2D eigenvalue weighted by atomic mass is 9.87. The molecule has 240 valence electrons. The number of hydrogen-bond acceptors (Lipinski definition) is 7. The standard InChI is InChI=1S/C37H34N2O8/c1-23(39(35(40)19-28(37(43)44)20-36(41)42)21-24-13-14-25-7-2-3-8-26(25)17-24)29(27-15-16-32-33(18-27)46-22-45-32)9-6-12-34-38-30-10-4-5-11-31(30)47-34/h2-8,10-18,23,28-29H,9,19-22H2,1H3,(H,41,42)(H,43,44)/b12-6+/t23-,28-,29+/m1/s1. The number of oxazole rings is 1. The molecule has 1 aromatic heterocycles. The highest BCUT2D eigenvalue weighted by atomic mass is 16.7. The third-order valence-electron chi connectivity index (χ3n) is 8.54. The Morgan fingerprint density at radius 2 is 1.66 bits per heavy atom. The number of para-hydroxylation sites is 2. The van der Waals surface area contributed by atoms with E-state index in [-0.39, 0.29) is 19.3 Å². The van der Waals surface area contributed by atoms with Gasteiger partial charge in [-0.15, -0.1) is 0 Å². The van der Waals surface area contributed by atoms with Gasteiger partial charge in [0, 0.05) is 24.9 Å². The van der Waals surface area contributed by atoms with Gasteiger partial charge in [0.1, 0.15) is 5.52 Å². The summed E-state index contributed by atoms with van der Waals surface area (Å²) in [5, 5.41) is 21.2. The predicted octanol–water partition coefficient (Wildman–Crippen LogP) is 6.88. The summed E-state index contributed by atoms with van der Waals surface area (Å²) in [7, 11) is 0. The highest BCUT2D eigenvalue weighted by Gasteiger charge is 2.33. The molecular formula is C37H34N2O8. The third kappa shape index (κ3) is 7.27. The number of fused-ring (bicyclic) bond motifs is 3. The number of carboxylic acid groups (broad SMARTS) is 2. The normalized spacial score (nSPS) is 14.3. The van der Waals surface area contributed by atoms with Crippen LogP contribution in [0.5, 0.6) is 11.5 Å². The van der Waals surface area contributed by atoms with Gasteiger partial charge in [-0.25, -0.2) is 4.98 Å². The van der Waals surface area contributed by atoms with Crippen LogP contribution in [0.1, 0.15) is 49.1 Å². The van der Waals surface area contributed by atoms with E-state index in [0.29, 0.717) is 29.4 Å². The van der Waals surface area contributed by atoms with Gasteiger partial charge in [0.25, 0.3) is 0 Å². The minimum absolute atomic E-state index is 0.114. The fourth-order valence-corrected chi connectivity index (χ4v) is 6.03. The molecule has 0 saturated carbocycles. The highest BCUT2D eigenvalue weighted by Crippen LogP contribution is 2.38. The predicted molar refractivity (Wildman–Crippen MR) is 175 cm³/mol. The molecule has 10 nitrogen and oxygen atoms in total. The number of rotatable bonds is 13. The molecule has 47 heavy (non-hydrogen) atoms. The zero-order valence-corrected chi connectivity index (χ0v) is 25.7. The molecule has 5 aromatic rings. The van der Waals surface area contributed by atoms with Gasteiger partial charge in [-0.05, 0) is 71.7 Å². The molecule has 3 atom stereocenters. The van der Waals surface area contributed by atoms with E-state index in [1.807, 2.05) is 97.9 Å². The van der Waals surface area contributed by atoms with Crippen molar-refractivity contribution in [3.8, 4) is 11.5 Å². The Hall–Kier alpha value is -5.64. The van der Waals surface area contributed by atoms with Gasteiger partial charge in [0.15, 0.2) is 17.1 Å². The average molecular weight is 635 g/mol. The summed E-state index contributed by atoms with van der Waals surface area (Å²) in [4.78, 5) is 43.7. The van der Waals surface area contributed by atoms with E-state index in [4.69, 9.17) is 13.9 Å². The molecule has 0 fully saturated rings. The number of aliphatic carboxylic acids is 2. The molecule has 0 unspecified atom stereocenters. The first-order valence-electron chi connectivity index (χ1n) is 15.4. The lowest BCUT2D eigenvalue weighted by Gasteiger charge is -2.36. The summed E-state index contributed by atoms with van der Waals surface area (Å²) in [5.74, 6) is -3.02. The maximum absolute atomic E-state index is 14.0. The SMILES string of the molecule is C[C@H]([C@H](C/C=C/c1nc2ccccc2o1)c1ccc2c(c1)OCO2)N(Cc1ccc2ccccc2c1)C(=O)C[C@H](CC(=O)O)C(=O)O. The van der Waals surface area contributed by atoms with Crippen LogP contribution in [0.15, 0.2) is 95.4 Å². The van der Waals surface area contributed by atoms with Crippen LogP contribution in [-0.4, -0.2) is 50.8 Å². The number of aromatic nitrogens is 1. The number of allylic oxidation sites excluding steroid dienone is 1. The van der Waals surface area contributed by atoms with Gasteiger partial charge in [-0.1, -0.05) is 60.7 Å².